The van der Waals surface area contributed by atoms with Gasteiger partial charge in [-0.15, -0.1) is 0 Å². The molecule has 2 rings (SSSR count). The van der Waals surface area contributed by atoms with E-state index in [1.165, 1.54) is 15.3 Å². The van der Waals surface area contributed by atoms with Crippen LogP contribution in [-0.4, -0.2) is 38.0 Å². The van der Waals surface area contributed by atoms with Gasteiger partial charge in [-0.3, -0.25) is 4.79 Å². The maximum atomic E-state index is 12.2. The van der Waals surface area contributed by atoms with Crippen LogP contribution in [-0.2, 0) is 16.1 Å². The third kappa shape index (κ3) is 2.65. The van der Waals surface area contributed by atoms with E-state index in [1.54, 1.807) is 26.1 Å². The summed E-state index contributed by atoms with van der Waals surface area (Å²) in [6.45, 7) is 3.75. The number of hydrogen-bond donors (Lipinski definition) is 1. The summed E-state index contributed by atoms with van der Waals surface area (Å²) in [6, 6.07) is 1.66. The van der Waals surface area contributed by atoms with Crippen molar-refractivity contribution in [2.75, 3.05) is 6.61 Å². The van der Waals surface area contributed by atoms with Crippen LogP contribution < -0.4 is 5.56 Å². The lowest BCUT2D eigenvalue weighted by Crippen LogP contribution is -2.34. The fraction of sp³-hybridized carbons (Fsp3) is 0.417. The fourth-order valence-electron chi connectivity index (χ4n) is 1.87. The lowest BCUT2D eigenvalue weighted by molar-refractivity contribution is -0.151. The first kappa shape index (κ1) is 13.3. The Kier molecular flexibility index (Phi) is 3.66. The summed E-state index contributed by atoms with van der Waals surface area (Å²) in [7, 11) is 0. The normalized spacial score (nSPS) is 12.7. The highest BCUT2D eigenvalue weighted by Gasteiger charge is 2.19. The Balaban J connectivity index is 2.37. The van der Waals surface area contributed by atoms with Crippen LogP contribution in [0.1, 0.15) is 12.6 Å². The van der Waals surface area contributed by atoms with Gasteiger partial charge in [-0.2, -0.15) is 5.10 Å². The third-order valence-corrected chi connectivity index (χ3v) is 2.73. The smallest absolute Gasteiger partial charge is 0.334 e. The second-order valence-electron chi connectivity index (χ2n) is 4.15. The van der Waals surface area contributed by atoms with Crippen molar-refractivity contribution in [3.8, 4) is 0 Å². The lowest BCUT2D eigenvalue weighted by Gasteiger charge is -2.13. The van der Waals surface area contributed by atoms with Gasteiger partial charge in [0.1, 0.15) is 5.52 Å². The number of aromatic nitrogens is 3. The predicted octanol–water partition coefficient (Wildman–Crippen LogP) is 0.294. The SMILES string of the molecule is CCOC(Cn1ccn2nc(C)cc2c1=O)C(=O)O. The predicted molar refractivity (Wildman–Crippen MR) is 67.2 cm³/mol. The van der Waals surface area contributed by atoms with E-state index in [0.717, 1.165) is 5.69 Å². The standard InChI is InChI=1S/C12H15N3O4/c1-3-19-10(12(17)18)7-14-4-5-15-9(11(14)16)6-8(2)13-15/h4-6,10H,3,7H2,1-2H3,(H,17,18). The molecule has 0 radical (unpaired) electrons. The summed E-state index contributed by atoms with van der Waals surface area (Å²) in [5, 5.41) is 13.1. The minimum Gasteiger partial charge on any atom is -0.479 e. The first-order chi connectivity index (χ1) is 9.02. The minimum atomic E-state index is -1.08. The molecule has 0 spiro atoms. The molecular formula is C12H15N3O4. The monoisotopic (exact) mass is 265 g/mol. The molecule has 2 heterocycles. The van der Waals surface area contributed by atoms with Crippen molar-refractivity contribution < 1.29 is 14.6 Å². The molecule has 19 heavy (non-hydrogen) atoms. The molecule has 0 aromatic carbocycles. The van der Waals surface area contributed by atoms with E-state index >= 15 is 0 Å². The Hall–Kier alpha value is -2.15. The molecule has 0 saturated carbocycles. The Morgan fingerprint density at radius 1 is 1.53 bits per heavy atom. The first-order valence-corrected chi connectivity index (χ1v) is 5.92. The number of ether oxygens (including phenoxy) is 1. The average molecular weight is 265 g/mol. The highest BCUT2D eigenvalue weighted by molar-refractivity contribution is 5.72. The molecule has 1 N–H and O–H groups in total. The van der Waals surface area contributed by atoms with E-state index in [-0.39, 0.29) is 18.7 Å². The zero-order valence-corrected chi connectivity index (χ0v) is 10.7. The average Bonchev–Trinajstić information content (AvgIpc) is 2.73. The molecule has 0 aliphatic rings. The maximum Gasteiger partial charge on any atom is 0.334 e. The number of carboxylic acid groups (broad SMARTS) is 1. The molecule has 0 fully saturated rings. The molecule has 102 valence electrons. The minimum absolute atomic E-state index is 0.0251. The number of hydrogen-bond acceptors (Lipinski definition) is 4. The van der Waals surface area contributed by atoms with E-state index in [2.05, 4.69) is 5.10 Å². The van der Waals surface area contributed by atoms with Crippen molar-refractivity contribution in [3.05, 3.63) is 34.5 Å². The van der Waals surface area contributed by atoms with Crippen molar-refractivity contribution in [1.29, 1.82) is 0 Å². The van der Waals surface area contributed by atoms with Gasteiger partial charge < -0.3 is 14.4 Å². The molecule has 2 aromatic heterocycles. The first-order valence-electron chi connectivity index (χ1n) is 5.92. The zero-order chi connectivity index (χ0) is 14.0. The van der Waals surface area contributed by atoms with Gasteiger partial charge in [0.25, 0.3) is 5.56 Å². The molecule has 1 unspecified atom stereocenters. The van der Waals surface area contributed by atoms with Gasteiger partial charge in [-0.05, 0) is 19.9 Å². The molecule has 0 saturated heterocycles. The topological polar surface area (TPSA) is 85.8 Å². The molecule has 0 bridgehead atoms. The largest absolute Gasteiger partial charge is 0.479 e. The van der Waals surface area contributed by atoms with Crippen molar-refractivity contribution in [1.82, 2.24) is 14.2 Å². The molecule has 7 heteroatoms. The van der Waals surface area contributed by atoms with Gasteiger partial charge in [-0.25, -0.2) is 9.31 Å². The Morgan fingerprint density at radius 2 is 2.26 bits per heavy atom. The maximum absolute atomic E-state index is 12.2. The van der Waals surface area contributed by atoms with E-state index in [0.29, 0.717) is 5.52 Å². The molecule has 2 aromatic rings. The van der Waals surface area contributed by atoms with Gasteiger partial charge in [0, 0.05) is 19.0 Å². The summed E-state index contributed by atoms with van der Waals surface area (Å²) in [5.74, 6) is -1.08. The molecule has 7 nitrogen and oxygen atoms in total. The molecule has 0 amide bonds. The van der Waals surface area contributed by atoms with Crippen molar-refractivity contribution >= 4 is 11.5 Å². The highest BCUT2D eigenvalue weighted by Crippen LogP contribution is 2.02. The van der Waals surface area contributed by atoms with Crippen LogP contribution in [0.5, 0.6) is 0 Å². The summed E-state index contributed by atoms with van der Waals surface area (Å²) in [5.41, 5.74) is 0.865. The fourth-order valence-corrected chi connectivity index (χ4v) is 1.87. The van der Waals surface area contributed by atoms with Gasteiger partial charge in [0.2, 0.25) is 0 Å². The number of carboxylic acids is 1. The van der Waals surface area contributed by atoms with E-state index in [4.69, 9.17) is 9.84 Å². The second-order valence-corrected chi connectivity index (χ2v) is 4.15. The van der Waals surface area contributed by atoms with Gasteiger partial charge in [0.05, 0.1) is 12.2 Å². The number of carbonyl (C=O) groups is 1. The van der Waals surface area contributed by atoms with Crippen molar-refractivity contribution in [2.24, 2.45) is 0 Å². The number of rotatable bonds is 5. The number of aliphatic carboxylic acids is 1. The highest BCUT2D eigenvalue weighted by atomic mass is 16.5. The van der Waals surface area contributed by atoms with Crippen LogP contribution in [0.25, 0.3) is 5.52 Å². The summed E-state index contributed by atoms with van der Waals surface area (Å²) in [6.07, 6.45) is 2.10. The second kappa shape index (κ2) is 5.23. The zero-order valence-electron chi connectivity index (χ0n) is 10.7. The summed E-state index contributed by atoms with van der Waals surface area (Å²) < 4.78 is 7.90. The lowest BCUT2D eigenvalue weighted by atomic mass is 10.3. The van der Waals surface area contributed by atoms with E-state index < -0.39 is 12.1 Å². The molecular weight excluding hydrogens is 250 g/mol. The van der Waals surface area contributed by atoms with Crippen LogP contribution in [0.4, 0.5) is 0 Å². The third-order valence-electron chi connectivity index (χ3n) is 2.73. The van der Waals surface area contributed by atoms with Crippen LogP contribution in [0.15, 0.2) is 23.3 Å². The number of aryl methyl sites for hydroxylation is 1. The van der Waals surface area contributed by atoms with Crippen LogP contribution in [0.2, 0.25) is 0 Å². The summed E-state index contributed by atoms with van der Waals surface area (Å²) >= 11 is 0. The van der Waals surface area contributed by atoms with Crippen LogP contribution in [0, 0.1) is 6.92 Å². The number of fused-ring (bicyclic) bond motifs is 1. The van der Waals surface area contributed by atoms with E-state index in [1.807, 2.05) is 0 Å². The summed E-state index contributed by atoms with van der Waals surface area (Å²) in [4.78, 5) is 23.2. The van der Waals surface area contributed by atoms with E-state index in [9.17, 15) is 9.59 Å². The van der Waals surface area contributed by atoms with Crippen LogP contribution >= 0.6 is 0 Å². The molecule has 0 aliphatic carbocycles. The van der Waals surface area contributed by atoms with Crippen molar-refractivity contribution in [3.63, 3.8) is 0 Å². The quantitative estimate of drug-likeness (QED) is 0.840. The Morgan fingerprint density at radius 3 is 2.89 bits per heavy atom. The number of nitrogens with zero attached hydrogens (tertiary/aromatic N) is 3. The van der Waals surface area contributed by atoms with Crippen molar-refractivity contribution in [2.45, 2.75) is 26.5 Å². The van der Waals surface area contributed by atoms with Gasteiger partial charge >= 0.3 is 5.97 Å². The van der Waals surface area contributed by atoms with Gasteiger partial charge in [0.15, 0.2) is 6.10 Å². The molecule has 1 atom stereocenters. The Labute approximate surface area is 109 Å². The molecule has 0 aliphatic heterocycles. The van der Waals surface area contributed by atoms with Gasteiger partial charge in [-0.1, -0.05) is 0 Å². The van der Waals surface area contributed by atoms with Crippen LogP contribution in [0.3, 0.4) is 0 Å². The Bertz CT molecular complexity index is 659.